The molecule has 0 radical (unpaired) electrons. The summed E-state index contributed by atoms with van der Waals surface area (Å²) >= 11 is 5.56. The number of halogens is 1. The fraction of sp³-hybridized carbons (Fsp3) is 0. The van der Waals surface area contributed by atoms with Crippen molar-refractivity contribution in [1.82, 2.24) is 4.98 Å². The molecule has 1 N–H and O–H groups in total. The summed E-state index contributed by atoms with van der Waals surface area (Å²) < 4.78 is 1.88. The molecule has 0 bridgehead atoms. The summed E-state index contributed by atoms with van der Waals surface area (Å²) in [5.74, 6) is -0.397. The van der Waals surface area contributed by atoms with Crippen LogP contribution in [-0.2, 0) is 0 Å². The minimum Gasteiger partial charge on any atom is -0.297 e. The van der Waals surface area contributed by atoms with Crippen LogP contribution in [0.1, 0.15) is 9.67 Å². The number of amides is 1. The molecular weight excluding hydrogens is 378 g/mol. The zero-order valence-electron chi connectivity index (χ0n) is 10.2. The molecule has 1 amide bonds. The molecule has 3 aromatic rings. The van der Waals surface area contributed by atoms with Crippen LogP contribution in [0, 0.1) is 10.1 Å². The van der Waals surface area contributed by atoms with Crippen LogP contribution in [0.5, 0.6) is 0 Å². The summed E-state index contributed by atoms with van der Waals surface area (Å²) in [6, 6.07) is 8.38. The highest BCUT2D eigenvalue weighted by atomic mass is 79.9. The number of carbonyl (C=O) groups excluding carboxylic acids is 1. The Hall–Kier alpha value is -1.84. The Morgan fingerprint density at radius 3 is 2.81 bits per heavy atom. The van der Waals surface area contributed by atoms with Crippen molar-refractivity contribution in [3.8, 4) is 0 Å². The van der Waals surface area contributed by atoms with Crippen molar-refractivity contribution < 1.29 is 9.72 Å². The number of hydrogen-bond acceptors (Lipinski definition) is 6. The van der Waals surface area contributed by atoms with Crippen LogP contribution in [0.25, 0.3) is 10.2 Å². The molecule has 9 heteroatoms. The maximum atomic E-state index is 12.0. The van der Waals surface area contributed by atoms with Gasteiger partial charge in [-0.15, -0.1) is 0 Å². The summed E-state index contributed by atoms with van der Waals surface area (Å²) in [5.41, 5.74) is 0.788. The second-order valence-electron chi connectivity index (χ2n) is 3.98. The van der Waals surface area contributed by atoms with Gasteiger partial charge in [0.25, 0.3) is 5.91 Å². The largest absolute Gasteiger partial charge is 0.324 e. The Balaban J connectivity index is 1.83. The second kappa shape index (κ2) is 5.51. The molecule has 0 fully saturated rings. The van der Waals surface area contributed by atoms with Crippen LogP contribution >= 0.6 is 38.6 Å². The molecule has 2 heterocycles. The van der Waals surface area contributed by atoms with Crippen LogP contribution in [0.4, 0.5) is 10.1 Å². The summed E-state index contributed by atoms with van der Waals surface area (Å²) in [4.78, 5) is 26.7. The monoisotopic (exact) mass is 383 g/mol. The number of thiophene rings is 1. The third kappa shape index (κ3) is 2.94. The number of anilines is 1. The molecule has 0 atom stereocenters. The smallest absolute Gasteiger partial charge is 0.297 e. The maximum absolute atomic E-state index is 12.0. The first-order valence-corrected chi connectivity index (χ1v) is 8.07. The highest BCUT2D eigenvalue weighted by molar-refractivity contribution is 9.10. The molecule has 0 aliphatic rings. The van der Waals surface area contributed by atoms with Gasteiger partial charge in [-0.3, -0.25) is 20.2 Å². The number of thiazole rings is 1. The molecule has 3 rings (SSSR count). The molecule has 0 unspecified atom stereocenters. The lowest BCUT2D eigenvalue weighted by Gasteiger charge is -1.96. The SMILES string of the molecule is O=C(Nc1nc2ccc(Br)cc2s1)c1ccc([N+](=O)[O-])s1. The zero-order valence-corrected chi connectivity index (χ0v) is 13.4. The van der Waals surface area contributed by atoms with Gasteiger partial charge in [0.1, 0.15) is 0 Å². The third-order valence-electron chi connectivity index (χ3n) is 2.57. The lowest BCUT2D eigenvalue weighted by Crippen LogP contribution is -2.09. The lowest BCUT2D eigenvalue weighted by atomic mass is 10.3. The predicted molar refractivity (Wildman–Crippen MR) is 86.2 cm³/mol. The van der Waals surface area contributed by atoms with Crippen LogP contribution in [-0.4, -0.2) is 15.8 Å². The standard InChI is InChI=1S/C12H6BrN3O3S2/c13-6-1-2-7-9(5-6)21-12(14-7)15-11(17)8-3-4-10(20-8)16(18)19/h1-5H,(H,14,15,17). The lowest BCUT2D eigenvalue weighted by molar-refractivity contribution is -0.380. The quantitative estimate of drug-likeness (QED) is 0.540. The number of benzene rings is 1. The van der Waals surface area contributed by atoms with Gasteiger partial charge in [0.05, 0.1) is 20.0 Å². The van der Waals surface area contributed by atoms with Gasteiger partial charge in [-0.2, -0.15) is 0 Å². The summed E-state index contributed by atoms with van der Waals surface area (Å²) in [7, 11) is 0. The van der Waals surface area contributed by atoms with Crippen molar-refractivity contribution in [2.75, 3.05) is 5.32 Å². The van der Waals surface area contributed by atoms with E-state index in [-0.39, 0.29) is 9.88 Å². The Morgan fingerprint density at radius 1 is 1.29 bits per heavy atom. The van der Waals surface area contributed by atoms with Crippen LogP contribution in [0.2, 0.25) is 0 Å². The van der Waals surface area contributed by atoms with Crippen molar-refractivity contribution >= 4 is 64.9 Å². The van der Waals surface area contributed by atoms with Crippen molar-refractivity contribution in [2.45, 2.75) is 0 Å². The summed E-state index contributed by atoms with van der Waals surface area (Å²) in [6.45, 7) is 0. The van der Waals surface area contributed by atoms with Crippen LogP contribution in [0.3, 0.4) is 0 Å². The molecule has 106 valence electrons. The Morgan fingerprint density at radius 2 is 2.10 bits per heavy atom. The van der Waals surface area contributed by atoms with Gasteiger partial charge in [0.2, 0.25) is 0 Å². The minimum absolute atomic E-state index is 0.0617. The number of rotatable bonds is 3. The first-order chi connectivity index (χ1) is 10.0. The number of nitrogens with zero attached hydrogens (tertiary/aromatic N) is 2. The van der Waals surface area contributed by atoms with Gasteiger partial charge < -0.3 is 0 Å². The van der Waals surface area contributed by atoms with E-state index in [9.17, 15) is 14.9 Å². The van der Waals surface area contributed by atoms with Gasteiger partial charge in [0.15, 0.2) is 5.13 Å². The molecule has 2 aromatic heterocycles. The van der Waals surface area contributed by atoms with E-state index >= 15 is 0 Å². The predicted octanol–water partition coefficient (Wildman–Crippen LogP) is 4.28. The number of aromatic nitrogens is 1. The van der Waals surface area contributed by atoms with E-state index in [1.807, 2.05) is 18.2 Å². The van der Waals surface area contributed by atoms with Crippen molar-refractivity contribution in [3.63, 3.8) is 0 Å². The summed E-state index contributed by atoms with van der Waals surface area (Å²) in [5, 5.41) is 13.7. The highest BCUT2D eigenvalue weighted by Gasteiger charge is 2.16. The Labute approximate surface area is 134 Å². The van der Waals surface area contributed by atoms with Gasteiger partial charge in [-0.1, -0.05) is 38.6 Å². The van der Waals surface area contributed by atoms with E-state index in [1.54, 1.807) is 0 Å². The van der Waals surface area contributed by atoms with Gasteiger partial charge in [0, 0.05) is 10.5 Å². The van der Waals surface area contributed by atoms with E-state index in [1.165, 1.54) is 23.5 Å². The Kier molecular flexibility index (Phi) is 3.70. The van der Waals surface area contributed by atoms with E-state index in [4.69, 9.17) is 0 Å². The average Bonchev–Trinajstić information content (AvgIpc) is 3.03. The number of nitrogens with one attached hydrogen (secondary N) is 1. The van der Waals surface area contributed by atoms with Crippen molar-refractivity contribution in [1.29, 1.82) is 0 Å². The van der Waals surface area contributed by atoms with Gasteiger partial charge in [-0.25, -0.2) is 4.98 Å². The molecule has 0 aliphatic carbocycles. The molecule has 0 spiro atoms. The van der Waals surface area contributed by atoms with Crippen molar-refractivity contribution in [3.05, 3.63) is 49.8 Å². The molecule has 21 heavy (non-hydrogen) atoms. The zero-order chi connectivity index (χ0) is 15.0. The molecule has 0 saturated heterocycles. The van der Waals surface area contributed by atoms with Gasteiger partial charge in [-0.05, 0) is 24.3 Å². The Bertz CT molecular complexity index is 858. The van der Waals surface area contributed by atoms with E-state index < -0.39 is 10.8 Å². The first kappa shape index (κ1) is 14.1. The van der Waals surface area contributed by atoms with Crippen molar-refractivity contribution in [2.24, 2.45) is 0 Å². The number of fused-ring (bicyclic) bond motifs is 1. The molecule has 0 aliphatic heterocycles. The fourth-order valence-electron chi connectivity index (χ4n) is 1.66. The molecule has 1 aromatic carbocycles. The van der Waals surface area contributed by atoms with Crippen LogP contribution < -0.4 is 5.32 Å². The number of nitro groups is 1. The molecule has 6 nitrogen and oxygen atoms in total. The number of hydrogen-bond donors (Lipinski definition) is 1. The van der Waals surface area contributed by atoms with Gasteiger partial charge >= 0.3 is 5.00 Å². The molecule has 0 saturated carbocycles. The maximum Gasteiger partial charge on any atom is 0.324 e. The third-order valence-corrected chi connectivity index (χ3v) is 5.03. The minimum atomic E-state index is -0.517. The summed E-state index contributed by atoms with van der Waals surface area (Å²) in [6.07, 6.45) is 0. The molecular formula is C12H6BrN3O3S2. The fourth-order valence-corrected chi connectivity index (χ4v) is 3.79. The van der Waals surface area contributed by atoms with E-state index in [0.29, 0.717) is 5.13 Å². The first-order valence-electron chi connectivity index (χ1n) is 5.64. The second-order valence-corrected chi connectivity index (χ2v) is 6.99. The van der Waals surface area contributed by atoms with E-state index in [2.05, 4.69) is 26.2 Å². The number of carbonyl (C=O) groups is 1. The normalized spacial score (nSPS) is 10.7. The highest BCUT2D eigenvalue weighted by Crippen LogP contribution is 2.30. The average molecular weight is 384 g/mol. The van der Waals surface area contributed by atoms with E-state index in [0.717, 1.165) is 26.0 Å². The van der Waals surface area contributed by atoms with Crippen LogP contribution in [0.15, 0.2) is 34.8 Å². The topological polar surface area (TPSA) is 85.1 Å².